The molecule has 0 unspecified atom stereocenters. The highest BCUT2D eigenvalue weighted by atomic mass is 32.2. The third-order valence-corrected chi connectivity index (χ3v) is 7.81. The molecule has 3 rings (SSSR count). The van der Waals surface area contributed by atoms with Gasteiger partial charge in [0, 0.05) is 31.7 Å². The van der Waals surface area contributed by atoms with Gasteiger partial charge in [-0.15, -0.1) is 0 Å². The first-order chi connectivity index (χ1) is 14.1. The van der Waals surface area contributed by atoms with Crippen LogP contribution < -0.4 is 5.32 Å². The molecule has 1 fully saturated rings. The monoisotopic (exact) mass is 429 g/mol. The molecule has 0 bridgehead atoms. The predicted octanol–water partition coefficient (Wildman–Crippen LogP) is 3.04. The fourth-order valence-corrected chi connectivity index (χ4v) is 5.53. The van der Waals surface area contributed by atoms with Gasteiger partial charge in [-0.05, 0) is 63.6 Å². The Morgan fingerprint density at radius 3 is 2.27 bits per heavy atom. The Kier molecular flexibility index (Phi) is 6.65. The van der Waals surface area contributed by atoms with E-state index in [1.54, 1.807) is 19.1 Å². The van der Waals surface area contributed by atoms with Crippen LogP contribution in [0.25, 0.3) is 0 Å². The largest absolute Gasteiger partial charge is 0.346 e. The number of carbonyl (C=O) groups is 1. The minimum Gasteiger partial charge on any atom is -0.346 e. The Morgan fingerprint density at radius 2 is 1.63 bits per heavy atom. The van der Waals surface area contributed by atoms with Gasteiger partial charge < -0.3 is 10.2 Å². The molecule has 0 aliphatic carbocycles. The molecule has 0 aromatic heterocycles. The number of aryl methyl sites for hydroxylation is 3. The molecule has 1 amide bonds. The summed E-state index contributed by atoms with van der Waals surface area (Å²) in [5.41, 5.74) is 4.33. The Bertz CT molecular complexity index is 1040. The van der Waals surface area contributed by atoms with E-state index < -0.39 is 10.0 Å². The standard InChI is InChI=1S/C23H31N3O3S/c1-16-6-9-21(18(3)14-16)19(4)24-23(27)20-8-7-17(2)22(15-20)30(28,29)26-12-10-25(5)11-13-26/h6-9,14-15,19H,10-13H2,1-5H3,(H,24,27)/t19-/m0/s1. The summed E-state index contributed by atoms with van der Waals surface area (Å²) in [6, 6.07) is 10.8. The van der Waals surface area contributed by atoms with Crippen molar-refractivity contribution in [1.82, 2.24) is 14.5 Å². The Hall–Kier alpha value is -2.22. The number of amides is 1. The Morgan fingerprint density at radius 1 is 0.967 bits per heavy atom. The number of rotatable bonds is 5. The smallest absolute Gasteiger partial charge is 0.251 e. The quantitative estimate of drug-likeness (QED) is 0.793. The average molecular weight is 430 g/mol. The molecule has 0 saturated carbocycles. The van der Waals surface area contributed by atoms with Crippen molar-refractivity contribution in [3.05, 3.63) is 64.2 Å². The number of nitrogens with zero attached hydrogens (tertiary/aromatic N) is 2. The fraction of sp³-hybridized carbons (Fsp3) is 0.435. The molecule has 6 nitrogen and oxygen atoms in total. The average Bonchev–Trinajstić information content (AvgIpc) is 2.68. The molecular weight excluding hydrogens is 398 g/mol. The van der Waals surface area contributed by atoms with E-state index >= 15 is 0 Å². The Labute approximate surface area is 179 Å². The number of likely N-dealkylation sites (N-methyl/N-ethyl adjacent to an activating group) is 1. The van der Waals surface area contributed by atoms with E-state index in [9.17, 15) is 13.2 Å². The summed E-state index contributed by atoms with van der Waals surface area (Å²) in [6.45, 7) is 10.1. The molecule has 0 radical (unpaired) electrons. The lowest BCUT2D eigenvalue weighted by molar-refractivity contribution is 0.0939. The highest BCUT2D eigenvalue weighted by Gasteiger charge is 2.29. The molecule has 7 heteroatoms. The first kappa shape index (κ1) is 22.5. The van der Waals surface area contributed by atoms with Crippen molar-refractivity contribution in [3.8, 4) is 0 Å². The second-order valence-corrected chi connectivity index (χ2v) is 10.1. The van der Waals surface area contributed by atoms with E-state index in [0.717, 1.165) is 11.1 Å². The molecule has 2 aromatic rings. The maximum Gasteiger partial charge on any atom is 0.251 e. The first-order valence-corrected chi connectivity index (χ1v) is 11.7. The number of nitrogens with one attached hydrogen (secondary N) is 1. The molecule has 0 spiro atoms. The SMILES string of the molecule is Cc1ccc([C@H](C)NC(=O)c2ccc(C)c(S(=O)(=O)N3CCN(C)CC3)c2)c(C)c1. The molecule has 1 aliphatic rings. The maximum absolute atomic E-state index is 13.2. The normalized spacial score (nSPS) is 17.0. The van der Waals surface area contributed by atoms with Crippen LogP contribution in [0.15, 0.2) is 41.3 Å². The molecule has 1 atom stereocenters. The fourth-order valence-electron chi connectivity index (χ4n) is 3.86. The van der Waals surface area contributed by atoms with Crippen LogP contribution in [-0.2, 0) is 10.0 Å². The molecule has 30 heavy (non-hydrogen) atoms. The zero-order valence-corrected chi connectivity index (χ0v) is 19.2. The summed E-state index contributed by atoms with van der Waals surface area (Å²) >= 11 is 0. The molecule has 1 saturated heterocycles. The number of piperazine rings is 1. The van der Waals surface area contributed by atoms with Crippen molar-refractivity contribution < 1.29 is 13.2 Å². The second-order valence-electron chi connectivity index (χ2n) is 8.24. The van der Waals surface area contributed by atoms with E-state index in [0.29, 0.717) is 37.3 Å². The van der Waals surface area contributed by atoms with E-state index in [-0.39, 0.29) is 16.8 Å². The minimum atomic E-state index is -3.64. The van der Waals surface area contributed by atoms with Crippen LogP contribution in [0, 0.1) is 20.8 Å². The zero-order chi connectivity index (χ0) is 22.1. The van der Waals surface area contributed by atoms with Crippen LogP contribution in [0.5, 0.6) is 0 Å². The summed E-state index contributed by atoms with van der Waals surface area (Å²) in [6.07, 6.45) is 0. The van der Waals surface area contributed by atoms with Gasteiger partial charge in [0.05, 0.1) is 10.9 Å². The summed E-state index contributed by atoms with van der Waals surface area (Å²) in [7, 11) is -1.65. The summed E-state index contributed by atoms with van der Waals surface area (Å²) in [5.74, 6) is -0.280. The van der Waals surface area contributed by atoms with Crippen LogP contribution in [0.1, 0.15) is 45.6 Å². The topological polar surface area (TPSA) is 69.7 Å². The molecule has 1 aliphatic heterocycles. The van der Waals surface area contributed by atoms with Gasteiger partial charge in [0.2, 0.25) is 10.0 Å². The van der Waals surface area contributed by atoms with Gasteiger partial charge in [-0.1, -0.05) is 29.8 Å². The van der Waals surface area contributed by atoms with Crippen molar-refractivity contribution >= 4 is 15.9 Å². The summed E-state index contributed by atoms with van der Waals surface area (Å²) in [5, 5.41) is 3.00. The van der Waals surface area contributed by atoms with Crippen molar-refractivity contribution in [2.75, 3.05) is 33.2 Å². The lowest BCUT2D eigenvalue weighted by Gasteiger charge is -2.32. The van der Waals surface area contributed by atoms with Gasteiger partial charge in [-0.2, -0.15) is 4.31 Å². The molecule has 2 aromatic carbocycles. The zero-order valence-electron chi connectivity index (χ0n) is 18.4. The van der Waals surface area contributed by atoms with E-state index in [1.165, 1.54) is 15.9 Å². The van der Waals surface area contributed by atoms with Crippen LogP contribution in [0.3, 0.4) is 0 Å². The number of hydrogen-bond acceptors (Lipinski definition) is 4. The second kappa shape index (κ2) is 8.88. The molecule has 1 N–H and O–H groups in total. The van der Waals surface area contributed by atoms with Gasteiger partial charge in [0.1, 0.15) is 0 Å². The third kappa shape index (κ3) is 4.74. The van der Waals surface area contributed by atoms with Crippen LogP contribution in [0.4, 0.5) is 0 Å². The molecule has 162 valence electrons. The van der Waals surface area contributed by atoms with Crippen LogP contribution >= 0.6 is 0 Å². The van der Waals surface area contributed by atoms with E-state index in [4.69, 9.17) is 0 Å². The minimum absolute atomic E-state index is 0.183. The first-order valence-electron chi connectivity index (χ1n) is 10.3. The number of hydrogen-bond donors (Lipinski definition) is 1. The van der Waals surface area contributed by atoms with E-state index in [2.05, 4.69) is 16.3 Å². The van der Waals surface area contributed by atoms with Gasteiger partial charge in [-0.25, -0.2) is 8.42 Å². The number of sulfonamides is 1. The highest BCUT2D eigenvalue weighted by molar-refractivity contribution is 7.89. The van der Waals surface area contributed by atoms with Gasteiger partial charge in [-0.3, -0.25) is 4.79 Å². The maximum atomic E-state index is 13.2. The van der Waals surface area contributed by atoms with Crippen molar-refractivity contribution in [3.63, 3.8) is 0 Å². The third-order valence-electron chi connectivity index (χ3n) is 5.77. The van der Waals surface area contributed by atoms with Crippen molar-refractivity contribution in [2.24, 2.45) is 0 Å². The van der Waals surface area contributed by atoms with Crippen molar-refractivity contribution in [1.29, 1.82) is 0 Å². The highest BCUT2D eigenvalue weighted by Crippen LogP contribution is 2.24. The number of carbonyl (C=O) groups excluding carboxylic acids is 1. The lowest BCUT2D eigenvalue weighted by atomic mass is 10.00. The molecular formula is C23H31N3O3S. The van der Waals surface area contributed by atoms with Gasteiger partial charge >= 0.3 is 0 Å². The van der Waals surface area contributed by atoms with Crippen molar-refractivity contribution in [2.45, 2.75) is 38.6 Å². The summed E-state index contributed by atoms with van der Waals surface area (Å²) in [4.78, 5) is 15.2. The van der Waals surface area contributed by atoms with Gasteiger partial charge in [0.15, 0.2) is 0 Å². The summed E-state index contributed by atoms with van der Waals surface area (Å²) < 4.78 is 27.9. The van der Waals surface area contributed by atoms with Crippen LogP contribution in [-0.4, -0.2) is 56.8 Å². The lowest BCUT2D eigenvalue weighted by Crippen LogP contribution is -2.47. The van der Waals surface area contributed by atoms with Gasteiger partial charge in [0.25, 0.3) is 5.91 Å². The predicted molar refractivity (Wildman–Crippen MR) is 119 cm³/mol. The van der Waals surface area contributed by atoms with E-state index in [1.807, 2.05) is 40.0 Å². The number of benzene rings is 2. The Balaban J connectivity index is 1.82. The molecule has 1 heterocycles. The van der Waals surface area contributed by atoms with Crippen LogP contribution in [0.2, 0.25) is 0 Å².